The quantitative estimate of drug-likeness (QED) is 0.263. The number of carbonyl (C=O) groups excluding carboxylic acids is 1. The summed E-state index contributed by atoms with van der Waals surface area (Å²) in [6.45, 7) is 6.54. The highest BCUT2D eigenvalue weighted by Gasteiger charge is 2.29. The molecular weight excluding hydrogens is 506 g/mol. The summed E-state index contributed by atoms with van der Waals surface area (Å²) in [4.78, 5) is 13.6. The van der Waals surface area contributed by atoms with E-state index >= 15 is 0 Å². The lowest BCUT2D eigenvalue weighted by Gasteiger charge is -2.28. The molecule has 1 aliphatic carbocycles. The summed E-state index contributed by atoms with van der Waals surface area (Å²) in [5.74, 6) is 2.43. The van der Waals surface area contributed by atoms with Crippen LogP contribution in [0.5, 0.6) is 11.5 Å². The van der Waals surface area contributed by atoms with E-state index in [1.807, 2.05) is 36.4 Å². The SMILES string of the molecule is CC(C)(C)c1ccc(CCC(O)CCCC2CCCCC2)cc1NC(=O)CC1c2ccccc2Oc2ccccc21. The Hall–Kier alpha value is -3.11. The Kier molecular flexibility index (Phi) is 9.49. The molecule has 3 aromatic carbocycles. The smallest absolute Gasteiger partial charge is 0.225 e. The van der Waals surface area contributed by atoms with Crippen molar-refractivity contribution in [2.75, 3.05) is 5.32 Å². The number of aliphatic hydroxyl groups excluding tert-OH is 1. The van der Waals surface area contributed by atoms with Crippen molar-refractivity contribution in [1.29, 1.82) is 0 Å². The predicted molar refractivity (Wildman–Crippen MR) is 168 cm³/mol. The molecule has 0 saturated heterocycles. The van der Waals surface area contributed by atoms with E-state index in [0.29, 0.717) is 6.42 Å². The van der Waals surface area contributed by atoms with Gasteiger partial charge in [-0.2, -0.15) is 0 Å². The number of aryl methyl sites for hydroxylation is 1. The van der Waals surface area contributed by atoms with Crippen molar-refractivity contribution < 1.29 is 14.6 Å². The van der Waals surface area contributed by atoms with Crippen LogP contribution < -0.4 is 10.1 Å². The summed E-state index contributed by atoms with van der Waals surface area (Å²) in [5.41, 5.74) is 5.13. The molecule has 0 bridgehead atoms. The number of amides is 1. The molecule has 4 heteroatoms. The van der Waals surface area contributed by atoms with Crippen molar-refractivity contribution in [3.63, 3.8) is 0 Å². The van der Waals surface area contributed by atoms with Gasteiger partial charge in [0.2, 0.25) is 5.91 Å². The molecule has 0 spiro atoms. The normalized spacial score (nSPS) is 16.4. The molecule has 5 rings (SSSR count). The zero-order valence-electron chi connectivity index (χ0n) is 25.1. The van der Waals surface area contributed by atoms with Gasteiger partial charge < -0.3 is 15.2 Å². The van der Waals surface area contributed by atoms with Crippen molar-refractivity contribution in [1.82, 2.24) is 0 Å². The first-order valence-corrected chi connectivity index (χ1v) is 15.7. The third-order valence-electron chi connectivity index (χ3n) is 9.01. The van der Waals surface area contributed by atoms with Crippen molar-refractivity contribution in [2.45, 2.75) is 109 Å². The number of hydrogen-bond acceptors (Lipinski definition) is 3. The second kappa shape index (κ2) is 13.2. The van der Waals surface area contributed by atoms with E-state index in [1.165, 1.54) is 38.5 Å². The minimum atomic E-state index is -0.271. The molecule has 1 aliphatic heterocycles. The number of rotatable bonds is 10. The number of ether oxygens (including phenoxy) is 1. The van der Waals surface area contributed by atoms with Crippen LogP contribution in [0.25, 0.3) is 0 Å². The molecule has 1 fully saturated rings. The molecule has 0 aromatic heterocycles. The fraction of sp³-hybridized carbons (Fsp3) is 0.486. The highest BCUT2D eigenvalue weighted by Crippen LogP contribution is 2.45. The first-order valence-electron chi connectivity index (χ1n) is 15.7. The summed E-state index contributed by atoms with van der Waals surface area (Å²) in [6.07, 6.45) is 11.8. The Balaban J connectivity index is 1.24. The van der Waals surface area contributed by atoms with E-state index in [4.69, 9.17) is 4.74 Å². The Morgan fingerprint density at radius 1 is 0.927 bits per heavy atom. The lowest BCUT2D eigenvalue weighted by Crippen LogP contribution is -2.22. The number of aliphatic hydroxyl groups is 1. The Bertz CT molecular complexity index is 1270. The standard InChI is InChI=1S/C37H47NO3/c1-37(2,3)32-23-21-27(20-22-28(39)15-11-14-26-12-5-4-6-13-26)24-33(32)38-36(40)25-31-29-16-7-9-18-34(29)41-35-19-10-8-17-30(31)35/h7-10,16-19,21,23-24,26,28,31,39H,4-6,11-15,20,22,25H2,1-3H3,(H,38,40). The van der Waals surface area contributed by atoms with Gasteiger partial charge >= 0.3 is 0 Å². The van der Waals surface area contributed by atoms with Gasteiger partial charge in [-0.05, 0) is 59.9 Å². The summed E-state index contributed by atoms with van der Waals surface area (Å²) in [7, 11) is 0. The summed E-state index contributed by atoms with van der Waals surface area (Å²) in [5, 5.41) is 14.0. The first kappa shape index (κ1) is 29.4. The van der Waals surface area contributed by atoms with Crippen molar-refractivity contribution in [3.05, 3.63) is 89.0 Å². The van der Waals surface area contributed by atoms with Gasteiger partial charge in [0.1, 0.15) is 11.5 Å². The lowest BCUT2D eigenvalue weighted by molar-refractivity contribution is -0.116. The van der Waals surface area contributed by atoms with Crippen LogP contribution in [0, 0.1) is 5.92 Å². The highest BCUT2D eigenvalue weighted by molar-refractivity contribution is 5.93. The minimum Gasteiger partial charge on any atom is -0.457 e. The average molecular weight is 554 g/mol. The minimum absolute atomic E-state index is 0.00750. The fourth-order valence-electron chi connectivity index (χ4n) is 6.72. The molecule has 0 radical (unpaired) electrons. The first-order chi connectivity index (χ1) is 19.8. The number of nitrogens with one attached hydrogen (secondary N) is 1. The summed E-state index contributed by atoms with van der Waals surface area (Å²) >= 11 is 0. The van der Waals surface area contributed by atoms with E-state index in [-0.39, 0.29) is 23.3 Å². The van der Waals surface area contributed by atoms with Crippen LogP contribution in [-0.4, -0.2) is 17.1 Å². The van der Waals surface area contributed by atoms with Crippen molar-refractivity contribution >= 4 is 11.6 Å². The van der Waals surface area contributed by atoms with Gasteiger partial charge in [0.05, 0.1) is 6.10 Å². The Labute approximate surface area is 246 Å². The molecule has 2 N–H and O–H groups in total. The van der Waals surface area contributed by atoms with Gasteiger partial charge in [0.15, 0.2) is 0 Å². The maximum Gasteiger partial charge on any atom is 0.225 e. The van der Waals surface area contributed by atoms with Gasteiger partial charge in [0, 0.05) is 29.2 Å². The number of anilines is 1. The third-order valence-corrected chi connectivity index (χ3v) is 9.01. The van der Waals surface area contributed by atoms with Crippen LogP contribution >= 0.6 is 0 Å². The Morgan fingerprint density at radius 2 is 1.59 bits per heavy atom. The van der Waals surface area contributed by atoms with Crippen LogP contribution in [0.15, 0.2) is 66.7 Å². The molecule has 1 unspecified atom stereocenters. The van der Waals surface area contributed by atoms with E-state index < -0.39 is 0 Å². The number of benzene rings is 3. The zero-order chi connectivity index (χ0) is 28.8. The largest absolute Gasteiger partial charge is 0.457 e. The van der Waals surface area contributed by atoms with Crippen LogP contribution in [-0.2, 0) is 16.6 Å². The second-order valence-corrected chi connectivity index (χ2v) is 13.2. The van der Waals surface area contributed by atoms with Crippen LogP contribution in [0.1, 0.15) is 113 Å². The number of hydrogen-bond donors (Lipinski definition) is 2. The Morgan fingerprint density at radius 3 is 2.24 bits per heavy atom. The van der Waals surface area contributed by atoms with Crippen LogP contribution in [0.4, 0.5) is 5.69 Å². The van der Waals surface area contributed by atoms with Gasteiger partial charge in [0.25, 0.3) is 0 Å². The van der Waals surface area contributed by atoms with Crippen molar-refractivity contribution in [3.8, 4) is 11.5 Å². The van der Waals surface area contributed by atoms with E-state index in [2.05, 4.69) is 56.4 Å². The summed E-state index contributed by atoms with van der Waals surface area (Å²) in [6, 6.07) is 22.5. The third kappa shape index (κ3) is 7.60. The highest BCUT2D eigenvalue weighted by atomic mass is 16.5. The molecule has 1 heterocycles. The molecule has 1 amide bonds. The molecule has 3 aromatic rings. The maximum absolute atomic E-state index is 13.6. The molecular formula is C37H47NO3. The molecule has 1 saturated carbocycles. The molecule has 41 heavy (non-hydrogen) atoms. The van der Waals surface area contributed by atoms with Gasteiger partial charge in [-0.25, -0.2) is 0 Å². The lowest BCUT2D eigenvalue weighted by atomic mass is 9.84. The number of para-hydroxylation sites is 2. The fourth-order valence-corrected chi connectivity index (χ4v) is 6.72. The zero-order valence-corrected chi connectivity index (χ0v) is 25.1. The molecule has 218 valence electrons. The summed E-state index contributed by atoms with van der Waals surface area (Å²) < 4.78 is 6.14. The van der Waals surface area contributed by atoms with Crippen LogP contribution in [0.2, 0.25) is 0 Å². The molecule has 2 aliphatic rings. The molecule has 4 nitrogen and oxygen atoms in total. The van der Waals surface area contributed by atoms with E-state index in [1.54, 1.807) is 0 Å². The monoisotopic (exact) mass is 553 g/mol. The molecule has 1 atom stereocenters. The second-order valence-electron chi connectivity index (χ2n) is 13.2. The van der Waals surface area contributed by atoms with E-state index in [9.17, 15) is 9.90 Å². The topological polar surface area (TPSA) is 58.6 Å². The van der Waals surface area contributed by atoms with Crippen LogP contribution in [0.3, 0.4) is 0 Å². The van der Waals surface area contributed by atoms with Gasteiger partial charge in [-0.1, -0.05) is 114 Å². The van der Waals surface area contributed by atoms with Crippen molar-refractivity contribution in [2.24, 2.45) is 5.92 Å². The van der Waals surface area contributed by atoms with Gasteiger partial charge in [-0.3, -0.25) is 4.79 Å². The average Bonchev–Trinajstić information content (AvgIpc) is 2.96. The predicted octanol–water partition coefficient (Wildman–Crippen LogP) is 9.29. The van der Waals surface area contributed by atoms with Gasteiger partial charge in [-0.15, -0.1) is 0 Å². The number of fused-ring (bicyclic) bond motifs is 2. The maximum atomic E-state index is 13.6. The van der Waals surface area contributed by atoms with E-state index in [0.717, 1.165) is 71.0 Å². The number of carbonyl (C=O) groups is 1.